The number of amides is 1. The zero-order valence-electron chi connectivity index (χ0n) is 58.1. The van der Waals surface area contributed by atoms with Gasteiger partial charge in [-0.05, 0) is 44.9 Å². The number of hydrogen-bond donors (Lipinski definition) is 6. The number of aliphatic hydroxyl groups is 5. The third-order valence-corrected chi connectivity index (χ3v) is 19.1. The Morgan fingerprint density at radius 1 is 0.391 bits per heavy atom. The third-order valence-electron chi connectivity index (χ3n) is 19.1. The molecule has 0 aromatic rings. The number of unbranched alkanes of at least 4 members (excludes halogenated alkanes) is 56. The van der Waals surface area contributed by atoms with E-state index < -0.39 is 49.5 Å². The Bertz CT molecular complexity index is 1430. The van der Waals surface area contributed by atoms with Gasteiger partial charge in [0.15, 0.2) is 6.29 Å². The van der Waals surface area contributed by atoms with E-state index in [-0.39, 0.29) is 12.5 Å². The number of aliphatic hydroxyl groups excluding tert-OH is 5. The van der Waals surface area contributed by atoms with Gasteiger partial charge in [0.05, 0.1) is 25.4 Å². The van der Waals surface area contributed by atoms with Gasteiger partial charge >= 0.3 is 0 Å². The van der Waals surface area contributed by atoms with E-state index in [4.69, 9.17) is 9.47 Å². The van der Waals surface area contributed by atoms with Crippen LogP contribution in [0.25, 0.3) is 0 Å². The first-order chi connectivity index (χ1) is 42.8. The van der Waals surface area contributed by atoms with Crippen molar-refractivity contribution in [3.05, 3.63) is 24.3 Å². The summed E-state index contributed by atoms with van der Waals surface area (Å²) in [6.07, 6.45) is 82.8. The van der Waals surface area contributed by atoms with E-state index in [0.717, 1.165) is 44.9 Å². The summed E-state index contributed by atoms with van der Waals surface area (Å²) in [6.45, 7) is 3.90. The molecular weight excluding hydrogens is 1080 g/mol. The average Bonchev–Trinajstić information content (AvgIpc) is 3.47. The van der Waals surface area contributed by atoms with E-state index in [9.17, 15) is 30.3 Å². The molecule has 0 aromatic carbocycles. The quantitative estimate of drug-likeness (QED) is 0.0261. The zero-order valence-corrected chi connectivity index (χ0v) is 58.1. The molecule has 1 aliphatic rings. The van der Waals surface area contributed by atoms with Gasteiger partial charge in [-0.2, -0.15) is 0 Å². The van der Waals surface area contributed by atoms with Gasteiger partial charge in [0.2, 0.25) is 5.91 Å². The molecule has 1 fully saturated rings. The molecule has 0 spiro atoms. The van der Waals surface area contributed by atoms with Crippen LogP contribution in [-0.2, 0) is 14.3 Å². The number of hydrogen-bond acceptors (Lipinski definition) is 8. The molecular formula is C78H151NO8. The summed E-state index contributed by atoms with van der Waals surface area (Å²) in [6, 6.07) is -0.718. The fraction of sp³-hybridized carbons (Fsp3) is 0.936. The number of carbonyl (C=O) groups excluding carboxylic acids is 1. The van der Waals surface area contributed by atoms with Crippen molar-refractivity contribution in [2.45, 2.75) is 455 Å². The molecule has 516 valence electrons. The first-order valence-corrected chi connectivity index (χ1v) is 39.0. The molecule has 1 heterocycles. The minimum Gasteiger partial charge on any atom is -0.394 e. The predicted octanol–water partition coefficient (Wildman–Crippen LogP) is 22.0. The monoisotopic (exact) mass is 1230 g/mol. The van der Waals surface area contributed by atoms with Crippen LogP contribution in [0.15, 0.2) is 24.3 Å². The SMILES string of the molecule is CCCCCCC/C=C\C/C=C\CCCCCCCCCCCCCCCCCCCCCCCCCC(=O)NC(COC1OC(CO)C(O)C(O)C1O)C(O)CCCCCCCCCCCCCCCCCCCCCCCCCCCCCCC. The third kappa shape index (κ3) is 56.0. The Morgan fingerprint density at radius 2 is 0.678 bits per heavy atom. The van der Waals surface area contributed by atoms with Crippen LogP contribution in [0.3, 0.4) is 0 Å². The lowest BCUT2D eigenvalue weighted by Gasteiger charge is -2.40. The van der Waals surface area contributed by atoms with E-state index in [0.29, 0.717) is 12.8 Å². The number of rotatable bonds is 70. The Balaban J connectivity index is 2.05. The molecule has 0 aliphatic carbocycles. The Kier molecular flexibility index (Phi) is 65.0. The molecule has 0 aromatic heterocycles. The van der Waals surface area contributed by atoms with Crippen molar-refractivity contribution in [3.8, 4) is 0 Å². The van der Waals surface area contributed by atoms with Crippen molar-refractivity contribution < 1.29 is 39.8 Å². The lowest BCUT2D eigenvalue weighted by molar-refractivity contribution is -0.302. The highest BCUT2D eigenvalue weighted by Gasteiger charge is 2.44. The van der Waals surface area contributed by atoms with Crippen LogP contribution in [0.2, 0.25) is 0 Å². The van der Waals surface area contributed by atoms with Crippen LogP contribution < -0.4 is 5.32 Å². The standard InChI is InChI=1S/C78H151NO8/c1-3-5-7-9-11-13-15-17-19-21-23-25-27-29-31-33-34-35-36-37-38-40-42-44-46-48-50-52-54-56-58-60-62-64-66-68-74(82)79-71(70-86-78-77(85)76(84)75(83)73(69-80)87-78)72(81)67-65-63-61-59-57-55-53-51-49-47-45-43-41-39-32-30-28-26-24-22-20-18-16-14-12-10-8-6-4-2/h15,17,21,23,71-73,75-78,80-81,83-85H,3-14,16,18-20,22,24-70H2,1-2H3,(H,79,82)/b17-15-,23-21-. The minimum absolute atomic E-state index is 0.132. The molecule has 1 rings (SSSR count). The van der Waals surface area contributed by atoms with Crippen molar-refractivity contribution in [2.24, 2.45) is 0 Å². The van der Waals surface area contributed by atoms with Crippen molar-refractivity contribution in [3.63, 3.8) is 0 Å². The summed E-state index contributed by atoms with van der Waals surface area (Å²) in [4.78, 5) is 13.2. The first-order valence-electron chi connectivity index (χ1n) is 39.0. The van der Waals surface area contributed by atoms with Crippen molar-refractivity contribution >= 4 is 5.91 Å². The maximum atomic E-state index is 13.2. The summed E-state index contributed by atoms with van der Waals surface area (Å²) < 4.78 is 11.4. The highest BCUT2D eigenvalue weighted by Crippen LogP contribution is 2.24. The van der Waals surface area contributed by atoms with Gasteiger partial charge in [0.25, 0.3) is 0 Å². The van der Waals surface area contributed by atoms with Crippen LogP contribution in [0.4, 0.5) is 0 Å². The molecule has 87 heavy (non-hydrogen) atoms. The summed E-state index contributed by atoms with van der Waals surface area (Å²) in [5, 5.41) is 55.1. The van der Waals surface area contributed by atoms with Crippen molar-refractivity contribution in [1.29, 1.82) is 0 Å². The van der Waals surface area contributed by atoms with Gasteiger partial charge in [-0.3, -0.25) is 4.79 Å². The van der Waals surface area contributed by atoms with Crippen LogP contribution >= 0.6 is 0 Å². The Labute approximate surface area is 540 Å². The first kappa shape index (κ1) is 83.7. The number of ether oxygens (including phenoxy) is 2. The van der Waals surface area contributed by atoms with Crippen LogP contribution in [0.1, 0.15) is 412 Å². The summed E-state index contributed by atoms with van der Waals surface area (Å²) in [7, 11) is 0. The van der Waals surface area contributed by atoms with Gasteiger partial charge in [-0.1, -0.05) is 385 Å². The number of allylic oxidation sites excluding steroid dienone is 4. The lowest BCUT2D eigenvalue weighted by Crippen LogP contribution is -2.60. The molecule has 9 nitrogen and oxygen atoms in total. The van der Waals surface area contributed by atoms with Gasteiger partial charge < -0.3 is 40.3 Å². The minimum atomic E-state index is -1.55. The van der Waals surface area contributed by atoms with E-state index in [1.807, 2.05) is 0 Å². The van der Waals surface area contributed by atoms with Gasteiger partial charge in [0.1, 0.15) is 24.4 Å². The number of carbonyl (C=O) groups is 1. The Hall–Kier alpha value is -1.33. The fourth-order valence-corrected chi connectivity index (χ4v) is 13.0. The maximum Gasteiger partial charge on any atom is 0.220 e. The highest BCUT2D eigenvalue weighted by atomic mass is 16.7. The van der Waals surface area contributed by atoms with Gasteiger partial charge in [0, 0.05) is 6.42 Å². The second-order valence-electron chi connectivity index (χ2n) is 27.5. The largest absolute Gasteiger partial charge is 0.394 e. The zero-order chi connectivity index (χ0) is 62.8. The second-order valence-corrected chi connectivity index (χ2v) is 27.5. The predicted molar refractivity (Wildman–Crippen MR) is 374 cm³/mol. The summed E-state index contributed by atoms with van der Waals surface area (Å²) in [5.74, 6) is -0.134. The average molecular weight is 1230 g/mol. The number of nitrogens with one attached hydrogen (secondary N) is 1. The molecule has 1 saturated heterocycles. The van der Waals surface area contributed by atoms with Gasteiger partial charge in [-0.25, -0.2) is 0 Å². The molecule has 7 atom stereocenters. The molecule has 1 amide bonds. The maximum absolute atomic E-state index is 13.2. The van der Waals surface area contributed by atoms with E-state index in [2.05, 4.69) is 43.5 Å². The fourth-order valence-electron chi connectivity index (χ4n) is 13.0. The lowest BCUT2D eigenvalue weighted by atomic mass is 9.99. The van der Waals surface area contributed by atoms with Gasteiger partial charge in [-0.15, -0.1) is 0 Å². The summed E-state index contributed by atoms with van der Waals surface area (Å²) in [5.41, 5.74) is 0. The van der Waals surface area contributed by atoms with Crippen LogP contribution in [-0.4, -0.2) is 87.5 Å². The molecule has 0 bridgehead atoms. The molecule has 7 unspecified atom stereocenters. The smallest absolute Gasteiger partial charge is 0.220 e. The van der Waals surface area contributed by atoms with Crippen molar-refractivity contribution in [1.82, 2.24) is 5.32 Å². The van der Waals surface area contributed by atoms with E-state index in [1.165, 1.54) is 340 Å². The topological polar surface area (TPSA) is 149 Å². The highest BCUT2D eigenvalue weighted by molar-refractivity contribution is 5.76. The van der Waals surface area contributed by atoms with Crippen molar-refractivity contribution in [2.75, 3.05) is 13.2 Å². The molecule has 1 aliphatic heterocycles. The summed E-state index contributed by atoms with van der Waals surface area (Å²) >= 11 is 0. The van der Waals surface area contributed by atoms with E-state index in [1.54, 1.807) is 0 Å². The molecule has 6 N–H and O–H groups in total. The van der Waals surface area contributed by atoms with Crippen LogP contribution in [0.5, 0.6) is 0 Å². The molecule has 0 saturated carbocycles. The van der Waals surface area contributed by atoms with Crippen LogP contribution in [0, 0.1) is 0 Å². The second kappa shape index (κ2) is 67.6. The van der Waals surface area contributed by atoms with E-state index >= 15 is 0 Å². The molecule has 9 heteroatoms. The molecule has 0 radical (unpaired) electrons. The Morgan fingerprint density at radius 3 is 0.989 bits per heavy atom. The normalized spacial score (nSPS) is 18.0.